The largest absolute Gasteiger partial charge is 0.492 e. The van der Waals surface area contributed by atoms with E-state index in [4.69, 9.17) is 21.3 Å². The number of aromatic amines is 1. The van der Waals surface area contributed by atoms with E-state index in [1.165, 1.54) is 12.3 Å². The summed E-state index contributed by atoms with van der Waals surface area (Å²) < 4.78 is 33.6. The molecule has 1 aliphatic heterocycles. The number of anilines is 1. The minimum Gasteiger partial charge on any atom is -0.492 e. The van der Waals surface area contributed by atoms with E-state index in [1.807, 2.05) is 43.4 Å². The smallest absolute Gasteiger partial charge is 0.269 e. The molecule has 0 bridgehead atoms. The van der Waals surface area contributed by atoms with Gasteiger partial charge in [-0.2, -0.15) is 0 Å². The van der Waals surface area contributed by atoms with Crippen molar-refractivity contribution >= 4 is 33.3 Å². The summed E-state index contributed by atoms with van der Waals surface area (Å²) >= 11 is 6.34. The van der Waals surface area contributed by atoms with E-state index < -0.39 is 26.4 Å². The molecule has 1 aromatic carbocycles. The quantitative estimate of drug-likeness (QED) is 0.413. The standard InChI is InChI=1S/C27H31ClN4O5S/c1-16(2)15-37-23-14-19(9-11-21(23)28)22-12-10-20(25(30-22)32-17(3)7-8-18(32)4)26(33)31-38(35,36)24-6-5-13-29-27(24)34/h5-6,9-14,16-18H,7-8,15H2,1-4H3,(H,29,34)(H,31,33)/t17-,18+. The zero-order chi connectivity index (χ0) is 27.6. The van der Waals surface area contributed by atoms with E-state index in [1.54, 1.807) is 24.3 Å². The van der Waals surface area contributed by atoms with Crippen molar-refractivity contribution in [1.82, 2.24) is 14.7 Å². The van der Waals surface area contributed by atoms with Gasteiger partial charge in [-0.1, -0.05) is 31.5 Å². The Morgan fingerprint density at radius 3 is 2.55 bits per heavy atom. The molecule has 202 valence electrons. The van der Waals surface area contributed by atoms with Crippen LogP contribution in [0.5, 0.6) is 5.75 Å². The Labute approximate surface area is 227 Å². The number of aromatic nitrogens is 2. The van der Waals surface area contributed by atoms with E-state index in [-0.39, 0.29) is 17.6 Å². The molecule has 0 radical (unpaired) electrons. The summed E-state index contributed by atoms with van der Waals surface area (Å²) in [7, 11) is -4.41. The molecule has 1 aliphatic rings. The number of benzene rings is 1. The van der Waals surface area contributed by atoms with Crippen LogP contribution in [-0.2, 0) is 10.0 Å². The molecule has 0 aliphatic carbocycles. The lowest BCUT2D eigenvalue weighted by Crippen LogP contribution is -2.38. The summed E-state index contributed by atoms with van der Waals surface area (Å²) in [5.41, 5.74) is 0.595. The number of rotatable bonds is 8. The van der Waals surface area contributed by atoms with Crippen molar-refractivity contribution in [3.05, 3.63) is 69.6 Å². The van der Waals surface area contributed by atoms with Gasteiger partial charge < -0.3 is 14.6 Å². The average Bonchev–Trinajstić information content (AvgIpc) is 3.20. The third-order valence-corrected chi connectivity index (χ3v) is 8.08. The second-order valence-corrected chi connectivity index (χ2v) is 12.0. The first-order valence-electron chi connectivity index (χ1n) is 12.4. The molecule has 0 spiro atoms. The fourth-order valence-corrected chi connectivity index (χ4v) is 5.67. The maximum atomic E-state index is 13.3. The number of hydrogen-bond donors (Lipinski definition) is 2. The Morgan fingerprint density at radius 2 is 1.89 bits per heavy atom. The second kappa shape index (κ2) is 11.2. The van der Waals surface area contributed by atoms with Crippen molar-refractivity contribution in [3.63, 3.8) is 0 Å². The van der Waals surface area contributed by atoms with Crippen LogP contribution in [0, 0.1) is 5.92 Å². The number of carbonyl (C=O) groups is 1. The highest BCUT2D eigenvalue weighted by Gasteiger charge is 2.33. The molecule has 3 aromatic rings. The lowest BCUT2D eigenvalue weighted by atomic mass is 10.1. The van der Waals surface area contributed by atoms with Gasteiger partial charge in [-0.3, -0.25) is 9.59 Å². The summed E-state index contributed by atoms with van der Waals surface area (Å²) in [6.45, 7) is 8.67. The Hall–Kier alpha value is -3.37. The van der Waals surface area contributed by atoms with Crippen molar-refractivity contribution < 1.29 is 17.9 Å². The van der Waals surface area contributed by atoms with Gasteiger partial charge in [0.25, 0.3) is 21.5 Å². The number of pyridine rings is 2. The van der Waals surface area contributed by atoms with Crippen LogP contribution >= 0.6 is 11.6 Å². The fourth-order valence-electron chi connectivity index (χ4n) is 4.48. The molecule has 2 aromatic heterocycles. The first kappa shape index (κ1) is 27.7. The summed E-state index contributed by atoms with van der Waals surface area (Å²) in [6, 6.07) is 11.3. The fraction of sp³-hybridized carbons (Fsp3) is 0.370. The molecule has 38 heavy (non-hydrogen) atoms. The monoisotopic (exact) mass is 558 g/mol. The van der Waals surface area contributed by atoms with Crippen LogP contribution in [0.25, 0.3) is 11.3 Å². The number of hydrogen-bond acceptors (Lipinski definition) is 7. The highest BCUT2D eigenvalue weighted by Crippen LogP contribution is 2.35. The maximum Gasteiger partial charge on any atom is 0.269 e. The second-order valence-electron chi connectivity index (χ2n) is 9.90. The highest BCUT2D eigenvalue weighted by molar-refractivity contribution is 7.90. The molecule has 2 atom stereocenters. The topological polar surface area (TPSA) is 121 Å². The number of nitrogens with one attached hydrogen (secondary N) is 2. The zero-order valence-electron chi connectivity index (χ0n) is 21.7. The van der Waals surface area contributed by atoms with Crippen molar-refractivity contribution in [2.75, 3.05) is 11.5 Å². The third kappa shape index (κ3) is 5.86. The number of halogens is 1. The third-order valence-electron chi connectivity index (χ3n) is 6.41. The van der Waals surface area contributed by atoms with Gasteiger partial charge in [0.05, 0.1) is 22.9 Å². The van der Waals surface area contributed by atoms with Crippen LogP contribution in [-0.4, -0.2) is 43.0 Å². The van der Waals surface area contributed by atoms with Crippen LogP contribution in [0.1, 0.15) is 50.9 Å². The Morgan fingerprint density at radius 1 is 1.18 bits per heavy atom. The minimum absolute atomic E-state index is 0.0861. The van der Waals surface area contributed by atoms with Gasteiger partial charge in [-0.05, 0) is 69.0 Å². The maximum absolute atomic E-state index is 13.3. The number of nitrogens with zero attached hydrogens (tertiary/aromatic N) is 2. The van der Waals surface area contributed by atoms with Crippen LogP contribution < -0.4 is 19.9 Å². The Balaban J connectivity index is 1.75. The van der Waals surface area contributed by atoms with Gasteiger partial charge >= 0.3 is 0 Å². The molecule has 11 heteroatoms. The first-order valence-corrected chi connectivity index (χ1v) is 14.3. The van der Waals surface area contributed by atoms with E-state index in [2.05, 4.69) is 4.98 Å². The highest BCUT2D eigenvalue weighted by atomic mass is 35.5. The number of amides is 1. The normalized spacial score (nSPS) is 17.6. The van der Waals surface area contributed by atoms with Crippen LogP contribution in [0.3, 0.4) is 0 Å². The molecule has 0 unspecified atom stereocenters. The van der Waals surface area contributed by atoms with E-state index in [9.17, 15) is 18.0 Å². The Kier molecular flexibility index (Phi) is 8.13. The van der Waals surface area contributed by atoms with E-state index in [0.717, 1.165) is 24.5 Å². The summed E-state index contributed by atoms with van der Waals surface area (Å²) in [5.74, 6) is 0.350. The molecular weight excluding hydrogens is 528 g/mol. The molecule has 3 heterocycles. The van der Waals surface area contributed by atoms with Gasteiger partial charge in [0.2, 0.25) is 0 Å². The summed E-state index contributed by atoms with van der Waals surface area (Å²) in [6.07, 6.45) is 3.12. The van der Waals surface area contributed by atoms with Gasteiger partial charge in [-0.25, -0.2) is 18.1 Å². The molecule has 0 saturated carbocycles. The number of H-pyrrole nitrogens is 1. The predicted octanol–water partition coefficient (Wildman–Crippen LogP) is 4.62. The number of carbonyl (C=O) groups excluding carboxylic acids is 1. The zero-order valence-corrected chi connectivity index (χ0v) is 23.3. The molecule has 1 amide bonds. The van der Waals surface area contributed by atoms with Gasteiger partial charge in [-0.15, -0.1) is 0 Å². The van der Waals surface area contributed by atoms with E-state index in [0.29, 0.717) is 34.8 Å². The van der Waals surface area contributed by atoms with Crippen LogP contribution in [0.15, 0.2) is 58.4 Å². The SMILES string of the molecule is CC(C)COc1cc(-c2ccc(C(=O)NS(=O)(=O)c3ccc[nH]c3=O)c(N3[C@H](C)CC[C@@H]3C)n2)ccc1Cl. The molecular formula is C27H31ClN4O5S. The predicted molar refractivity (Wildman–Crippen MR) is 147 cm³/mol. The van der Waals surface area contributed by atoms with Crippen LogP contribution in [0.2, 0.25) is 5.02 Å². The molecule has 1 fully saturated rings. The molecule has 9 nitrogen and oxygen atoms in total. The van der Waals surface area contributed by atoms with Crippen molar-refractivity contribution in [1.29, 1.82) is 0 Å². The first-order chi connectivity index (χ1) is 18.0. The van der Waals surface area contributed by atoms with Gasteiger partial charge in [0.1, 0.15) is 11.6 Å². The summed E-state index contributed by atoms with van der Waals surface area (Å²) in [4.78, 5) is 34.0. The van der Waals surface area contributed by atoms with E-state index >= 15 is 0 Å². The van der Waals surface area contributed by atoms with Crippen molar-refractivity contribution in [3.8, 4) is 17.0 Å². The van der Waals surface area contributed by atoms with Gasteiger partial charge in [0.15, 0.2) is 4.90 Å². The Bertz CT molecular complexity index is 1500. The number of ether oxygens (including phenoxy) is 1. The van der Waals surface area contributed by atoms with Crippen molar-refractivity contribution in [2.24, 2.45) is 5.92 Å². The van der Waals surface area contributed by atoms with Crippen molar-refractivity contribution in [2.45, 2.75) is 57.5 Å². The lowest BCUT2D eigenvalue weighted by molar-refractivity contribution is 0.0981. The lowest BCUT2D eigenvalue weighted by Gasteiger charge is -2.29. The average molecular weight is 559 g/mol. The van der Waals surface area contributed by atoms with Gasteiger partial charge in [0, 0.05) is 23.8 Å². The molecule has 1 saturated heterocycles. The summed E-state index contributed by atoms with van der Waals surface area (Å²) in [5, 5.41) is 0.480. The molecule has 2 N–H and O–H groups in total. The number of sulfonamides is 1. The van der Waals surface area contributed by atoms with Crippen LogP contribution in [0.4, 0.5) is 5.82 Å². The minimum atomic E-state index is -4.41. The molecule has 4 rings (SSSR count).